The number of hydrazone groups is 1. The van der Waals surface area contributed by atoms with Crippen molar-refractivity contribution in [2.24, 2.45) is 5.10 Å². The third-order valence-electron chi connectivity index (χ3n) is 4.47. The number of ether oxygens (including phenoxy) is 1. The van der Waals surface area contributed by atoms with E-state index >= 15 is 0 Å². The van der Waals surface area contributed by atoms with Gasteiger partial charge in [-0.1, -0.05) is 42.5 Å². The van der Waals surface area contributed by atoms with Crippen LogP contribution in [-0.2, 0) is 0 Å². The highest BCUT2D eigenvalue weighted by Gasteiger charge is 2.12. The van der Waals surface area contributed by atoms with Crippen LogP contribution in [0.15, 0.2) is 71.8 Å². The van der Waals surface area contributed by atoms with Gasteiger partial charge in [-0.15, -0.1) is 0 Å². The van der Waals surface area contributed by atoms with E-state index in [9.17, 15) is 9.90 Å². The van der Waals surface area contributed by atoms with Crippen molar-refractivity contribution in [1.82, 2.24) is 15.6 Å². The van der Waals surface area contributed by atoms with Crippen LogP contribution in [0.2, 0.25) is 0 Å². The lowest BCUT2D eigenvalue weighted by Crippen LogP contribution is -2.18. The van der Waals surface area contributed by atoms with Crippen LogP contribution < -0.4 is 10.2 Å². The van der Waals surface area contributed by atoms with Gasteiger partial charge in [-0.3, -0.25) is 9.89 Å². The first-order valence-corrected chi connectivity index (χ1v) is 8.89. The number of methoxy groups -OCH3 is 1. The number of hydrogen-bond donors (Lipinski definition) is 3. The van der Waals surface area contributed by atoms with Crippen molar-refractivity contribution in [3.05, 3.63) is 78.0 Å². The summed E-state index contributed by atoms with van der Waals surface area (Å²) in [6, 6.07) is 20.4. The minimum Gasteiger partial charge on any atom is -0.504 e. The molecule has 0 aliphatic carbocycles. The van der Waals surface area contributed by atoms with Gasteiger partial charge in [-0.2, -0.15) is 10.2 Å². The molecule has 0 bridgehead atoms. The second-order valence-corrected chi connectivity index (χ2v) is 6.32. The van der Waals surface area contributed by atoms with Gasteiger partial charge in [0.05, 0.1) is 19.0 Å². The third-order valence-corrected chi connectivity index (χ3v) is 4.47. The maximum atomic E-state index is 12.4. The number of phenolic OH excluding ortho intramolecular Hbond substituents is 1. The van der Waals surface area contributed by atoms with Crippen LogP contribution in [-0.4, -0.2) is 34.5 Å². The molecular weight excluding hydrogens is 368 g/mol. The van der Waals surface area contributed by atoms with Crippen LogP contribution in [0.1, 0.15) is 16.1 Å². The molecule has 3 aromatic carbocycles. The summed E-state index contributed by atoms with van der Waals surface area (Å²) in [6.07, 6.45) is 1.46. The average molecular weight is 386 g/mol. The summed E-state index contributed by atoms with van der Waals surface area (Å²) < 4.78 is 5.05. The fraction of sp³-hybridized carbons (Fsp3) is 0.0455. The number of aromatic amines is 1. The Morgan fingerprint density at radius 3 is 2.83 bits per heavy atom. The van der Waals surface area contributed by atoms with Gasteiger partial charge < -0.3 is 9.84 Å². The quantitative estimate of drug-likeness (QED) is 0.360. The minimum absolute atomic E-state index is 0.0344. The first-order valence-electron chi connectivity index (χ1n) is 8.89. The summed E-state index contributed by atoms with van der Waals surface area (Å²) in [5.74, 6) is -0.0494. The van der Waals surface area contributed by atoms with E-state index in [0.29, 0.717) is 22.7 Å². The standard InChI is InChI=1S/C22H18N4O3/c1-29-21-11-14(9-10-20(21)27)13-23-26-22(28)19-12-18(24-25-19)17-8-4-6-15-5-2-3-7-16(15)17/h2-13,27H,1H3,(H,24,25)(H,26,28)/b23-13-. The van der Waals surface area contributed by atoms with Crippen molar-refractivity contribution in [3.8, 4) is 22.8 Å². The van der Waals surface area contributed by atoms with Crippen LogP contribution in [0.3, 0.4) is 0 Å². The van der Waals surface area contributed by atoms with Crippen LogP contribution in [0.4, 0.5) is 0 Å². The average Bonchev–Trinajstić information content (AvgIpc) is 3.24. The molecule has 0 saturated carbocycles. The molecule has 4 aromatic rings. The number of nitrogens with zero attached hydrogens (tertiary/aromatic N) is 2. The molecule has 0 atom stereocenters. The normalized spacial score (nSPS) is 11.1. The molecule has 0 saturated heterocycles. The number of hydrogen-bond acceptors (Lipinski definition) is 5. The predicted molar refractivity (Wildman–Crippen MR) is 111 cm³/mol. The van der Waals surface area contributed by atoms with E-state index in [0.717, 1.165) is 16.3 Å². The Labute approximate surface area is 166 Å². The summed E-state index contributed by atoms with van der Waals surface area (Å²) in [7, 11) is 1.46. The van der Waals surface area contributed by atoms with Crippen molar-refractivity contribution < 1.29 is 14.6 Å². The van der Waals surface area contributed by atoms with E-state index in [-0.39, 0.29) is 5.75 Å². The summed E-state index contributed by atoms with van der Waals surface area (Å²) in [4.78, 5) is 12.4. The number of aromatic nitrogens is 2. The maximum absolute atomic E-state index is 12.4. The van der Waals surface area contributed by atoms with Gasteiger partial charge in [0.25, 0.3) is 5.91 Å². The Bertz CT molecular complexity index is 1210. The Morgan fingerprint density at radius 2 is 1.97 bits per heavy atom. The van der Waals surface area contributed by atoms with Crippen LogP contribution in [0.5, 0.6) is 11.5 Å². The largest absolute Gasteiger partial charge is 0.504 e. The first-order chi connectivity index (χ1) is 14.2. The molecule has 1 amide bonds. The molecule has 1 heterocycles. The number of carbonyl (C=O) groups is 1. The number of phenols is 1. The summed E-state index contributed by atoms with van der Waals surface area (Å²) in [5.41, 5.74) is 5.05. The fourth-order valence-electron chi connectivity index (χ4n) is 3.02. The molecule has 29 heavy (non-hydrogen) atoms. The second-order valence-electron chi connectivity index (χ2n) is 6.32. The van der Waals surface area contributed by atoms with Gasteiger partial charge >= 0.3 is 0 Å². The first kappa shape index (κ1) is 18.2. The van der Waals surface area contributed by atoms with E-state index in [1.54, 1.807) is 18.2 Å². The van der Waals surface area contributed by atoms with Crippen LogP contribution in [0, 0.1) is 0 Å². The number of nitrogens with one attached hydrogen (secondary N) is 2. The zero-order valence-electron chi connectivity index (χ0n) is 15.6. The Morgan fingerprint density at radius 1 is 1.14 bits per heavy atom. The molecule has 3 N–H and O–H groups in total. The minimum atomic E-state index is -0.411. The molecule has 7 heteroatoms. The monoisotopic (exact) mass is 386 g/mol. The van der Waals surface area contributed by atoms with E-state index in [2.05, 4.69) is 20.7 Å². The number of carbonyl (C=O) groups excluding carboxylic acids is 1. The highest BCUT2D eigenvalue weighted by molar-refractivity contribution is 5.98. The Hall–Kier alpha value is -4.13. The number of fused-ring (bicyclic) bond motifs is 1. The van der Waals surface area contributed by atoms with E-state index in [1.807, 2.05) is 42.5 Å². The molecular formula is C22H18N4O3. The topological polar surface area (TPSA) is 99.6 Å². The van der Waals surface area contributed by atoms with E-state index < -0.39 is 5.91 Å². The number of rotatable bonds is 5. The fourth-order valence-corrected chi connectivity index (χ4v) is 3.02. The molecule has 0 spiro atoms. The van der Waals surface area contributed by atoms with Gasteiger partial charge in [0.15, 0.2) is 11.5 Å². The zero-order chi connectivity index (χ0) is 20.2. The highest BCUT2D eigenvalue weighted by atomic mass is 16.5. The van der Waals surface area contributed by atoms with E-state index in [4.69, 9.17) is 4.74 Å². The van der Waals surface area contributed by atoms with Gasteiger partial charge in [0.1, 0.15) is 5.69 Å². The molecule has 1 aromatic heterocycles. The molecule has 4 rings (SSSR count). The van der Waals surface area contributed by atoms with Crippen LogP contribution in [0.25, 0.3) is 22.0 Å². The molecule has 0 aliphatic heterocycles. The molecule has 0 unspecified atom stereocenters. The van der Waals surface area contributed by atoms with Crippen molar-refractivity contribution in [3.63, 3.8) is 0 Å². The van der Waals surface area contributed by atoms with Crippen molar-refractivity contribution in [2.75, 3.05) is 7.11 Å². The second kappa shape index (κ2) is 7.85. The number of H-pyrrole nitrogens is 1. The highest BCUT2D eigenvalue weighted by Crippen LogP contribution is 2.27. The van der Waals surface area contributed by atoms with Gasteiger partial charge in [-0.05, 0) is 40.6 Å². The molecule has 7 nitrogen and oxygen atoms in total. The van der Waals surface area contributed by atoms with Crippen molar-refractivity contribution in [2.45, 2.75) is 0 Å². The van der Waals surface area contributed by atoms with Crippen LogP contribution >= 0.6 is 0 Å². The smallest absolute Gasteiger partial charge is 0.289 e. The van der Waals surface area contributed by atoms with Gasteiger partial charge in [-0.25, -0.2) is 5.43 Å². The summed E-state index contributed by atoms with van der Waals surface area (Å²) >= 11 is 0. The maximum Gasteiger partial charge on any atom is 0.289 e. The summed E-state index contributed by atoms with van der Waals surface area (Å²) in [5, 5.41) is 22.8. The molecule has 0 aliphatic rings. The zero-order valence-corrected chi connectivity index (χ0v) is 15.6. The van der Waals surface area contributed by atoms with Crippen molar-refractivity contribution >= 4 is 22.9 Å². The Balaban J connectivity index is 1.50. The third kappa shape index (κ3) is 3.79. The lowest BCUT2D eigenvalue weighted by atomic mass is 10.0. The predicted octanol–water partition coefficient (Wildman–Crippen LogP) is 3.71. The lowest BCUT2D eigenvalue weighted by Gasteiger charge is -2.03. The van der Waals surface area contributed by atoms with Crippen molar-refractivity contribution in [1.29, 1.82) is 0 Å². The molecule has 144 valence electrons. The van der Waals surface area contributed by atoms with Gasteiger partial charge in [0, 0.05) is 5.56 Å². The molecule has 0 radical (unpaired) electrons. The number of amides is 1. The summed E-state index contributed by atoms with van der Waals surface area (Å²) in [6.45, 7) is 0. The SMILES string of the molecule is COc1cc(/C=N\NC(=O)c2cc(-c3cccc4ccccc34)n[nH]2)ccc1O. The number of aromatic hydroxyl groups is 1. The van der Waals surface area contributed by atoms with Gasteiger partial charge in [0.2, 0.25) is 0 Å². The lowest BCUT2D eigenvalue weighted by molar-refractivity contribution is 0.0950. The van der Waals surface area contributed by atoms with E-state index in [1.165, 1.54) is 19.4 Å². The number of benzene rings is 3. The molecule has 0 fully saturated rings. The Kier molecular flexibility index (Phi) is 4.94.